The van der Waals surface area contributed by atoms with E-state index in [2.05, 4.69) is 18.7 Å². The number of carbonyl (C=O) groups excluding carboxylic acids is 1. The average Bonchev–Trinajstić information content (AvgIpc) is 2.25. The van der Waals surface area contributed by atoms with Crippen LogP contribution in [0.2, 0.25) is 0 Å². The monoisotopic (exact) mass is 225 g/mol. The van der Waals surface area contributed by atoms with E-state index in [-0.39, 0.29) is 11.7 Å². The Morgan fingerprint density at radius 3 is 2.69 bits per heavy atom. The van der Waals surface area contributed by atoms with Gasteiger partial charge in [-0.05, 0) is 19.9 Å². The highest BCUT2D eigenvalue weighted by Crippen LogP contribution is 2.09. The van der Waals surface area contributed by atoms with Gasteiger partial charge in [0.1, 0.15) is 0 Å². The highest BCUT2D eigenvalue weighted by atomic mass is 16.5. The van der Waals surface area contributed by atoms with Crippen molar-refractivity contribution in [1.29, 1.82) is 0 Å². The number of hydrogen-bond acceptors (Lipinski definition) is 3. The van der Waals surface area contributed by atoms with Crippen LogP contribution in [-0.2, 0) is 9.53 Å². The zero-order valence-electron chi connectivity index (χ0n) is 10.8. The summed E-state index contributed by atoms with van der Waals surface area (Å²) in [5, 5.41) is 0. The van der Waals surface area contributed by atoms with Crippen LogP contribution in [0.4, 0.5) is 0 Å². The molecule has 92 valence electrons. The summed E-state index contributed by atoms with van der Waals surface area (Å²) in [5.41, 5.74) is 0. The maximum Gasteiger partial charge on any atom is 0.157 e. The van der Waals surface area contributed by atoms with Gasteiger partial charge in [0.25, 0.3) is 0 Å². The van der Waals surface area contributed by atoms with Crippen LogP contribution in [0.3, 0.4) is 0 Å². The molecule has 0 N–H and O–H groups in total. The lowest BCUT2D eigenvalue weighted by molar-refractivity contribution is -0.117. The molecule has 1 aliphatic heterocycles. The molecule has 0 aliphatic carbocycles. The Hall–Kier alpha value is -0.670. The maximum atomic E-state index is 11.5. The Morgan fingerprint density at radius 2 is 2.12 bits per heavy atom. The van der Waals surface area contributed by atoms with Gasteiger partial charge in [-0.2, -0.15) is 0 Å². The van der Waals surface area contributed by atoms with Crippen molar-refractivity contribution in [3.05, 3.63) is 12.2 Å². The minimum absolute atomic E-state index is 0.0899. The fourth-order valence-electron chi connectivity index (χ4n) is 1.76. The van der Waals surface area contributed by atoms with E-state index in [1.165, 1.54) is 0 Å². The topological polar surface area (TPSA) is 29.5 Å². The molecule has 0 aromatic rings. The summed E-state index contributed by atoms with van der Waals surface area (Å²) in [4.78, 5) is 13.8. The van der Waals surface area contributed by atoms with E-state index in [4.69, 9.17) is 4.74 Å². The third kappa shape index (κ3) is 4.06. The van der Waals surface area contributed by atoms with Crippen molar-refractivity contribution in [2.24, 2.45) is 5.92 Å². The third-order valence-electron chi connectivity index (χ3n) is 2.96. The standard InChI is InChI=1S/C13H23NO2/c1-10(2)13(15)6-5-11(3)14-7-8-16-12(4)9-14/h5-6,10-12H,7-9H2,1-4H3/b6-5+/t11?,12-/m1/s1. The van der Waals surface area contributed by atoms with Gasteiger partial charge >= 0.3 is 0 Å². The minimum Gasteiger partial charge on any atom is -0.376 e. The lowest BCUT2D eigenvalue weighted by atomic mass is 10.1. The van der Waals surface area contributed by atoms with E-state index < -0.39 is 0 Å². The largest absolute Gasteiger partial charge is 0.376 e. The van der Waals surface area contributed by atoms with Gasteiger partial charge in [-0.1, -0.05) is 19.9 Å². The molecule has 2 atom stereocenters. The summed E-state index contributed by atoms with van der Waals surface area (Å²) < 4.78 is 5.49. The van der Waals surface area contributed by atoms with E-state index in [1.54, 1.807) is 6.08 Å². The zero-order valence-corrected chi connectivity index (χ0v) is 10.8. The SMILES string of the molecule is CC(C)C(=O)/C=C/C(C)N1CCO[C@H](C)C1. The van der Waals surface area contributed by atoms with Crippen molar-refractivity contribution in [1.82, 2.24) is 4.90 Å². The third-order valence-corrected chi connectivity index (χ3v) is 2.96. The van der Waals surface area contributed by atoms with Crippen molar-refractivity contribution >= 4 is 5.78 Å². The number of allylic oxidation sites excluding steroid dienone is 1. The molecule has 0 radical (unpaired) electrons. The second-order valence-corrected chi connectivity index (χ2v) is 4.83. The van der Waals surface area contributed by atoms with Gasteiger partial charge in [0.05, 0.1) is 12.7 Å². The average molecular weight is 225 g/mol. The fraction of sp³-hybridized carbons (Fsp3) is 0.769. The van der Waals surface area contributed by atoms with Crippen LogP contribution in [0, 0.1) is 5.92 Å². The van der Waals surface area contributed by atoms with Crippen molar-refractivity contribution in [2.75, 3.05) is 19.7 Å². The highest BCUT2D eigenvalue weighted by Gasteiger charge is 2.19. The van der Waals surface area contributed by atoms with Crippen molar-refractivity contribution < 1.29 is 9.53 Å². The van der Waals surface area contributed by atoms with Gasteiger partial charge in [0.2, 0.25) is 0 Å². The van der Waals surface area contributed by atoms with E-state index in [9.17, 15) is 4.79 Å². The van der Waals surface area contributed by atoms with Crippen LogP contribution >= 0.6 is 0 Å². The van der Waals surface area contributed by atoms with Gasteiger partial charge in [-0.15, -0.1) is 0 Å². The summed E-state index contributed by atoms with van der Waals surface area (Å²) in [5.74, 6) is 0.292. The molecule has 1 saturated heterocycles. The van der Waals surface area contributed by atoms with Gasteiger partial charge in [-0.25, -0.2) is 0 Å². The predicted molar refractivity (Wildman–Crippen MR) is 65.4 cm³/mol. The first-order valence-electron chi connectivity index (χ1n) is 6.08. The molecular formula is C13H23NO2. The molecule has 0 spiro atoms. The normalized spacial score (nSPS) is 25.2. The molecule has 0 aromatic carbocycles. The first-order chi connectivity index (χ1) is 7.50. The van der Waals surface area contributed by atoms with Gasteiger partial charge in [0.15, 0.2) is 5.78 Å². The van der Waals surface area contributed by atoms with Crippen LogP contribution in [0.1, 0.15) is 27.7 Å². The summed E-state index contributed by atoms with van der Waals surface area (Å²) in [6, 6.07) is 0.314. The molecule has 1 fully saturated rings. The molecular weight excluding hydrogens is 202 g/mol. The minimum atomic E-state index is 0.0899. The fourth-order valence-corrected chi connectivity index (χ4v) is 1.76. The van der Waals surface area contributed by atoms with E-state index in [0.717, 1.165) is 19.7 Å². The Morgan fingerprint density at radius 1 is 1.44 bits per heavy atom. The summed E-state index contributed by atoms with van der Waals surface area (Å²) in [7, 11) is 0. The molecule has 0 amide bonds. The molecule has 1 aliphatic rings. The second kappa shape index (κ2) is 6.16. The predicted octanol–water partition coefficient (Wildman–Crippen LogP) is 1.88. The highest BCUT2D eigenvalue weighted by molar-refractivity contribution is 5.91. The molecule has 1 heterocycles. The molecule has 0 aromatic heterocycles. The van der Waals surface area contributed by atoms with Crippen LogP contribution in [-0.4, -0.2) is 42.5 Å². The molecule has 0 saturated carbocycles. The van der Waals surface area contributed by atoms with Gasteiger partial charge < -0.3 is 4.74 Å². The lowest BCUT2D eigenvalue weighted by Crippen LogP contribution is -2.45. The molecule has 1 rings (SSSR count). The Kier molecular flexibility index (Phi) is 5.16. The first-order valence-corrected chi connectivity index (χ1v) is 6.08. The van der Waals surface area contributed by atoms with E-state index in [1.807, 2.05) is 19.9 Å². The molecule has 3 nitrogen and oxygen atoms in total. The number of nitrogens with zero attached hydrogens (tertiary/aromatic N) is 1. The van der Waals surface area contributed by atoms with Crippen molar-refractivity contribution in [3.63, 3.8) is 0 Å². The quantitative estimate of drug-likeness (QED) is 0.684. The number of rotatable bonds is 4. The van der Waals surface area contributed by atoms with Crippen molar-refractivity contribution in [3.8, 4) is 0 Å². The number of ether oxygens (including phenoxy) is 1. The maximum absolute atomic E-state index is 11.5. The molecule has 1 unspecified atom stereocenters. The Bertz CT molecular complexity index is 261. The Labute approximate surface area is 98.5 Å². The smallest absolute Gasteiger partial charge is 0.157 e. The summed E-state index contributed by atoms with van der Waals surface area (Å²) >= 11 is 0. The number of ketones is 1. The summed E-state index contributed by atoms with van der Waals surface area (Å²) in [6.07, 6.45) is 4.01. The van der Waals surface area contributed by atoms with Gasteiger partial charge in [-0.3, -0.25) is 9.69 Å². The lowest BCUT2D eigenvalue weighted by Gasteiger charge is -2.34. The van der Waals surface area contributed by atoms with E-state index >= 15 is 0 Å². The Balaban J connectivity index is 2.44. The van der Waals surface area contributed by atoms with Crippen LogP contribution in [0.5, 0.6) is 0 Å². The van der Waals surface area contributed by atoms with Crippen LogP contribution in [0.15, 0.2) is 12.2 Å². The number of carbonyl (C=O) groups is 1. The summed E-state index contributed by atoms with van der Waals surface area (Å²) in [6.45, 7) is 10.7. The first kappa shape index (κ1) is 13.4. The van der Waals surface area contributed by atoms with Crippen molar-refractivity contribution in [2.45, 2.75) is 39.8 Å². The molecule has 3 heteroatoms. The number of morpholine rings is 1. The van der Waals surface area contributed by atoms with Gasteiger partial charge in [0, 0.05) is 25.0 Å². The van der Waals surface area contributed by atoms with Crippen LogP contribution < -0.4 is 0 Å². The molecule has 0 bridgehead atoms. The number of hydrogen-bond donors (Lipinski definition) is 0. The zero-order chi connectivity index (χ0) is 12.1. The molecule has 16 heavy (non-hydrogen) atoms. The van der Waals surface area contributed by atoms with Crippen LogP contribution in [0.25, 0.3) is 0 Å². The second-order valence-electron chi connectivity index (χ2n) is 4.83. The van der Waals surface area contributed by atoms with E-state index in [0.29, 0.717) is 12.1 Å².